The largest absolute Gasteiger partial charge is 0.369 e. The summed E-state index contributed by atoms with van der Waals surface area (Å²) in [5, 5.41) is 8.09. The van der Waals surface area contributed by atoms with Crippen LogP contribution in [0.15, 0.2) is 12.2 Å². The number of carbonyl (C=O) groups excluding carboxylic acids is 4. The second kappa shape index (κ2) is 9.00. The van der Waals surface area contributed by atoms with Crippen molar-refractivity contribution in [1.82, 2.24) is 0 Å². The molecule has 0 aliphatic rings. The molecule has 0 amide bonds. The van der Waals surface area contributed by atoms with Crippen LogP contribution in [0.25, 0.3) is 0 Å². The molecule has 0 atom stereocenters. The maximum atomic E-state index is 11.1. The topological polar surface area (TPSA) is 124 Å². The fourth-order valence-corrected chi connectivity index (χ4v) is 0.507. The summed E-state index contributed by atoms with van der Waals surface area (Å²) in [6, 6.07) is 0. The summed E-state index contributed by atoms with van der Waals surface area (Å²) in [6.45, 7) is 5.44. The molecule has 0 aliphatic heterocycles. The van der Waals surface area contributed by atoms with Crippen LogP contribution in [0, 0.1) is 0 Å². The minimum atomic E-state index is -1.31. The van der Waals surface area contributed by atoms with Crippen LogP contribution in [-0.2, 0) is 48.8 Å². The number of carbonyl (C=O) groups is 4. The molecule has 10 nitrogen and oxygen atoms in total. The van der Waals surface area contributed by atoms with E-state index < -0.39 is 23.1 Å². The molecule has 0 unspecified atom stereocenters. The standard InChI is InChI=1S/C12H16O10/c1-11(2,7-13)19-21-17-9(15)5-6-10(16)18-22-20-12(3,4)8-14/h5-8H,1-4H3/b6-5-. The van der Waals surface area contributed by atoms with E-state index in [2.05, 4.69) is 29.6 Å². The molecule has 0 bridgehead atoms. The lowest BCUT2D eigenvalue weighted by molar-refractivity contribution is -0.507. The molecule has 0 aliphatic carbocycles. The van der Waals surface area contributed by atoms with Gasteiger partial charge in [0, 0.05) is 12.2 Å². The zero-order chi connectivity index (χ0) is 17.2. The van der Waals surface area contributed by atoms with E-state index in [4.69, 9.17) is 0 Å². The minimum absolute atomic E-state index is 0.423. The highest BCUT2D eigenvalue weighted by Gasteiger charge is 2.21. The third kappa shape index (κ3) is 9.72. The second-order valence-electron chi connectivity index (χ2n) is 4.88. The summed E-state index contributed by atoms with van der Waals surface area (Å²) in [5.41, 5.74) is -2.61. The predicted molar refractivity (Wildman–Crippen MR) is 66.0 cm³/mol. The van der Waals surface area contributed by atoms with Crippen LogP contribution in [0.2, 0.25) is 0 Å². The van der Waals surface area contributed by atoms with Crippen LogP contribution in [0.4, 0.5) is 0 Å². The van der Waals surface area contributed by atoms with Gasteiger partial charge in [-0.2, -0.15) is 9.78 Å². The number of aldehydes is 2. The summed E-state index contributed by atoms with van der Waals surface area (Å²) in [7, 11) is 0. The van der Waals surface area contributed by atoms with Gasteiger partial charge < -0.3 is 9.59 Å². The first-order valence-corrected chi connectivity index (χ1v) is 5.85. The number of rotatable bonds is 10. The van der Waals surface area contributed by atoms with E-state index >= 15 is 0 Å². The van der Waals surface area contributed by atoms with E-state index in [9.17, 15) is 19.2 Å². The highest BCUT2D eigenvalue weighted by molar-refractivity contribution is 5.91. The molecule has 0 saturated heterocycles. The molecule has 0 saturated carbocycles. The van der Waals surface area contributed by atoms with Gasteiger partial charge in [0.05, 0.1) is 0 Å². The first-order chi connectivity index (χ1) is 10.1. The van der Waals surface area contributed by atoms with Crippen molar-refractivity contribution >= 4 is 24.5 Å². The number of hydrogen-bond acceptors (Lipinski definition) is 10. The molecule has 0 spiro atoms. The van der Waals surface area contributed by atoms with Gasteiger partial charge in [-0.15, -0.1) is 0 Å². The Morgan fingerprint density at radius 1 is 0.727 bits per heavy atom. The third-order valence-electron chi connectivity index (χ3n) is 1.65. The van der Waals surface area contributed by atoms with Crippen molar-refractivity contribution in [1.29, 1.82) is 0 Å². The van der Waals surface area contributed by atoms with Gasteiger partial charge in [0.15, 0.2) is 23.8 Å². The van der Waals surface area contributed by atoms with Crippen molar-refractivity contribution in [3.63, 3.8) is 0 Å². The molecule has 0 fully saturated rings. The Labute approximate surface area is 125 Å². The van der Waals surface area contributed by atoms with Gasteiger partial charge in [0.25, 0.3) is 0 Å². The highest BCUT2D eigenvalue weighted by atomic mass is 17.5. The molecule has 0 N–H and O–H groups in total. The van der Waals surface area contributed by atoms with Crippen LogP contribution in [0.5, 0.6) is 0 Å². The Hall–Kier alpha value is -2.14. The first kappa shape index (κ1) is 19.9. The Balaban J connectivity index is 3.99. The fourth-order valence-electron chi connectivity index (χ4n) is 0.507. The molecule has 0 aromatic rings. The van der Waals surface area contributed by atoms with Gasteiger partial charge >= 0.3 is 11.9 Å². The van der Waals surface area contributed by atoms with Crippen molar-refractivity contribution in [3.05, 3.63) is 12.2 Å². The maximum absolute atomic E-state index is 11.1. The molecule has 0 heterocycles. The van der Waals surface area contributed by atoms with E-state index in [0.717, 1.165) is 0 Å². The Bertz CT molecular complexity index is 397. The third-order valence-corrected chi connectivity index (χ3v) is 1.65. The zero-order valence-corrected chi connectivity index (χ0v) is 12.4. The summed E-state index contributed by atoms with van der Waals surface area (Å²) < 4.78 is 0. The van der Waals surface area contributed by atoms with E-state index in [1.807, 2.05) is 0 Å². The van der Waals surface area contributed by atoms with Crippen LogP contribution >= 0.6 is 0 Å². The number of hydrogen-bond donors (Lipinski definition) is 0. The average Bonchev–Trinajstić information content (AvgIpc) is 2.45. The first-order valence-electron chi connectivity index (χ1n) is 5.85. The Morgan fingerprint density at radius 3 is 1.32 bits per heavy atom. The molecule has 0 radical (unpaired) electrons. The van der Waals surface area contributed by atoms with Crippen LogP contribution in [-0.4, -0.2) is 35.7 Å². The van der Waals surface area contributed by atoms with E-state index in [-0.39, 0.29) is 0 Å². The molecule has 22 heavy (non-hydrogen) atoms. The van der Waals surface area contributed by atoms with Gasteiger partial charge in [-0.05, 0) is 37.8 Å². The fraction of sp³-hybridized carbons (Fsp3) is 0.500. The summed E-state index contributed by atoms with van der Waals surface area (Å²) in [5.74, 6) is -2.24. The lowest BCUT2D eigenvalue weighted by Gasteiger charge is -2.13. The van der Waals surface area contributed by atoms with Gasteiger partial charge in [-0.25, -0.2) is 9.59 Å². The highest BCUT2D eigenvalue weighted by Crippen LogP contribution is 2.06. The van der Waals surface area contributed by atoms with Crippen molar-refractivity contribution in [2.45, 2.75) is 38.9 Å². The van der Waals surface area contributed by atoms with E-state index in [0.29, 0.717) is 24.7 Å². The predicted octanol–water partition coefficient (Wildman–Crippen LogP) is 0.310. The molecular weight excluding hydrogens is 304 g/mol. The van der Waals surface area contributed by atoms with Gasteiger partial charge in [-0.1, -0.05) is 0 Å². The minimum Gasteiger partial charge on any atom is -0.300 e. The Kier molecular flexibility index (Phi) is 8.12. The average molecular weight is 320 g/mol. The summed E-state index contributed by atoms with van der Waals surface area (Å²) in [6.07, 6.45) is 2.11. The van der Waals surface area contributed by atoms with E-state index in [1.54, 1.807) is 0 Å². The normalized spacial score (nSPS) is 12.0. The van der Waals surface area contributed by atoms with E-state index in [1.165, 1.54) is 27.7 Å². The monoisotopic (exact) mass is 320 g/mol. The molecule has 0 aromatic heterocycles. The SMILES string of the molecule is CC(C)(C=O)OOOC(=O)/C=C\C(=O)OOOC(C)(C)C=O. The summed E-state index contributed by atoms with van der Waals surface area (Å²) >= 11 is 0. The van der Waals surface area contributed by atoms with Crippen LogP contribution in [0.3, 0.4) is 0 Å². The second-order valence-corrected chi connectivity index (χ2v) is 4.88. The van der Waals surface area contributed by atoms with Crippen molar-refractivity contribution in [2.75, 3.05) is 0 Å². The zero-order valence-electron chi connectivity index (χ0n) is 12.4. The van der Waals surface area contributed by atoms with Gasteiger partial charge in [0.1, 0.15) is 0 Å². The Morgan fingerprint density at radius 2 is 1.05 bits per heavy atom. The van der Waals surface area contributed by atoms with Crippen LogP contribution < -0.4 is 0 Å². The summed E-state index contributed by atoms with van der Waals surface area (Å²) in [4.78, 5) is 60.0. The lowest BCUT2D eigenvalue weighted by atomic mass is 10.2. The van der Waals surface area contributed by atoms with Crippen LogP contribution in [0.1, 0.15) is 27.7 Å². The van der Waals surface area contributed by atoms with Gasteiger partial charge in [0.2, 0.25) is 0 Å². The molecular formula is C12H16O10. The van der Waals surface area contributed by atoms with Crippen molar-refractivity contribution in [2.24, 2.45) is 0 Å². The quantitative estimate of drug-likeness (QED) is 0.240. The smallest absolute Gasteiger partial charge is 0.300 e. The molecule has 10 heteroatoms. The molecule has 0 rings (SSSR count). The van der Waals surface area contributed by atoms with Crippen molar-refractivity contribution < 1.29 is 48.8 Å². The van der Waals surface area contributed by atoms with Gasteiger partial charge in [-0.3, -0.25) is 9.78 Å². The molecule has 124 valence electrons. The molecule has 0 aromatic carbocycles. The maximum Gasteiger partial charge on any atom is 0.369 e. The van der Waals surface area contributed by atoms with Crippen molar-refractivity contribution in [3.8, 4) is 0 Å². The lowest BCUT2D eigenvalue weighted by Crippen LogP contribution is -2.27.